The number of pyridine rings is 1. The number of aromatic nitrogens is 1. The molecule has 0 fully saturated rings. The largest absolute Gasteiger partial charge is 0.478 e. The molecule has 1 heterocycles. The highest BCUT2D eigenvalue weighted by molar-refractivity contribution is 5.87. The van der Waals surface area contributed by atoms with E-state index < -0.39 is 0 Å². The first-order valence-electron chi connectivity index (χ1n) is 3.79. The monoisotopic (exact) mass is 181 g/mol. The standard InChI is InChI=1S/C8H11N3O2/c1-6(12)11-8-4-7(13-5-9)2-3-10-8/h2-4H,5,9H2,1H3,(H,10,11,12). The topological polar surface area (TPSA) is 77.2 Å². The number of rotatable bonds is 3. The number of nitrogens with two attached hydrogens (primary N) is 1. The fourth-order valence-electron chi connectivity index (χ4n) is 0.846. The lowest BCUT2D eigenvalue weighted by molar-refractivity contribution is -0.114. The van der Waals surface area contributed by atoms with Crippen molar-refractivity contribution in [1.29, 1.82) is 0 Å². The fourth-order valence-corrected chi connectivity index (χ4v) is 0.846. The number of carbonyl (C=O) groups is 1. The second-order valence-corrected chi connectivity index (χ2v) is 2.37. The summed E-state index contributed by atoms with van der Waals surface area (Å²) in [5.74, 6) is 0.872. The summed E-state index contributed by atoms with van der Waals surface area (Å²) in [5.41, 5.74) is 5.18. The van der Waals surface area contributed by atoms with Crippen molar-refractivity contribution in [2.24, 2.45) is 5.73 Å². The van der Waals surface area contributed by atoms with E-state index >= 15 is 0 Å². The van der Waals surface area contributed by atoms with Crippen molar-refractivity contribution in [1.82, 2.24) is 4.98 Å². The lowest BCUT2D eigenvalue weighted by Gasteiger charge is -2.04. The molecule has 5 heteroatoms. The average Bonchev–Trinajstić information content (AvgIpc) is 2.04. The van der Waals surface area contributed by atoms with E-state index in [1.807, 2.05) is 0 Å². The second-order valence-electron chi connectivity index (χ2n) is 2.37. The third kappa shape index (κ3) is 3.08. The minimum absolute atomic E-state index is 0.101. The molecule has 0 aliphatic heterocycles. The SMILES string of the molecule is CC(=O)Nc1cc(OCN)ccn1. The van der Waals surface area contributed by atoms with Gasteiger partial charge in [-0.2, -0.15) is 0 Å². The summed E-state index contributed by atoms with van der Waals surface area (Å²) >= 11 is 0. The lowest BCUT2D eigenvalue weighted by Crippen LogP contribution is -2.09. The van der Waals surface area contributed by atoms with Gasteiger partial charge in [0.25, 0.3) is 0 Å². The third-order valence-corrected chi connectivity index (χ3v) is 1.29. The summed E-state index contributed by atoms with van der Waals surface area (Å²) in [6.07, 6.45) is 1.54. The van der Waals surface area contributed by atoms with Crippen molar-refractivity contribution < 1.29 is 9.53 Å². The van der Waals surface area contributed by atoms with E-state index in [1.54, 1.807) is 12.1 Å². The van der Waals surface area contributed by atoms with Crippen LogP contribution in [0.15, 0.2) is 18.3 Å². The predicted molar refractivity (Wildman–Crippen MR) is 48.2 cm³/mol. The van der Waals surface area contributed by atoms with E-state index in [0.29, 0.717) is 11.6 Å². The molecule has 0 aliphatic carbocycles. The number of hydrogen-bond donors (Lipinski definition) is 2. The zero-order valence-electron chi connectivity index (χ0n) is 7.28. The Morgan fingerprint density at radius 1 is 1.77 bits per heavy atom. The quantitative estimate of drug-likeness (QED) is 0.659. The van der Waals surface area contributed by atoms with Crippen LogP contribution in [0, 0.1) is 0 Å². The number of ether oxygens (including phenoxy) is 1. The van der Waals surface area contributed by atoms with Crippen molar-refractivity contribution in [3.05, 3.63) is 18.3 Å². The summed E-state index contributed by atoms with van der Waals surface area (Å²) < 4.78 is 5.01. The number of carbonyl (C=O) groups excluding carboxylic acids is 1. The van der Waals surface area contributed by atoms with Crippen LogP contribution in [0.5, 0.6) is 5.75 Å². The molecule has 5 nitrogen and oxygen atoms in total. The van der Waals surface area contributed by atoms with E-state index in [4.69, 9.17) is 10.5 Å². The Morgan fingerprint density at radius 2 is 2.54 bits per heavy atom. The zero-order valence-corrected chi connectivity index (χ0v) is 7.28. The van der Waals surface area contributed by atoms with Gasteiger partial charge in [-0.3, -0.25) is 10.5 Å². The zero-order chi connectivity index (χ0) is 9.68. The Labute approximate surface area is 75.9 Å². The smallest absolute Gasteiger partial charge is 0.222 e. The van der Waals surface area contributed by atoms with Gasteiger partial charge in [0, 0.05) is 19.2 Å². The van der Waals surface area contributed by atoms with Crippen LogP contribution in [0.25, 0.3) is 0 Å². The third-order valence-electron chi connectivity index (χ3n) is 1.29. The van der Waals surface area contributed by atoms with Crippen molar-refractivity contribution in [2.75, 3.05) is 12.0 Å². The first-order chi connectivity index (χ1) is 6.22. The van der Waals surface area contributed by atoms with E-state index in [2.05, 4.69) is 10.3 Å². The van der Waals surface area contributed by atoms with Gasteiger partial charge in [-0.15, -0.1) is 0 Å². The van der Waals surface area contributed by atoms with Gasteiger partial charge in [-0.25, -0.2) is 4.98 Å². The Bertz CT molecular complexity index is 301. The van der Waals surface area contributed by atoms with Crippen LogP contribution in [0.2, 0.25) is 0 Å². The number of hydrogen-bond acceptors (Lipinski definition) is 4. The van der Waals surface area contributed by atoms with Crippen LogP contribution in [0.1, 0.15) is 6.92 Å². The Morgan fingerprint density at radius 3 is 3.15 bits per heavy atom. The van der Waals surface area contributed by atoms with Crippen molar-refractivity contribution in [3.8, 4) is 5.75 Å². The van der Waals surface area contributed by atoms with Crippen LogP contribution in [0.4, 0.5) is 5.82 Å². The molecule has 0 unspecified atom stereocenters. The van der Waals surface area contributed by atoms with E-state index in [0.717, 1.165) is 0 Å². The number of nitrogens with one attached hydrogen (secondary N) is 1. The molecule has 0 atom stereocenters. The van der Waals surface area contributed by atoms with Crippen LogP contribution in [0.3, 0.4) is 0 Å². The normalized spacial score (nSPS) is 9.38. The molecule has 1 rings (SSSR count). The summed E-state index contributed by atoms with van der Waals surface area (Å²) in [5, 5.41) is 2.53. The van der Waals surface area contributed by atoms with Crippen molar-refractivity contribution in [3.63, 3.8) is 0 Å². The first-order valence-corrected chi connectivity index (χ1v) is 3.79. The highest BCUT2D eigenvalue weighted by Crippen LogP contribution is 2.13. The summed E-state index contributed by atoms with van der Waals surface area (Å²) in [6.45, 7) is 1.52. The molecule has 3 N–H and O–H groups in total. The molecule has 0 aliphatic rings. The number of anilines is 1. The van der Waals surface area contributed by atoms with Gasteiger partial charge in [-0.1, -0.05) is 0 Å². The highest BCUT2D eigenvalue weighted by atomic mass is 16.5. The maximum absolute atomic E-state index is 10.7. The molecule has 1 aromatic rings. The molecule has 0 bridgehead atoms. The second kappa shape index (κ2) is 4.42. The Kier molecular flexibility index (Phi) is 3.22. The summed E-state index contributed by atoms with van der Waals surface area (Å²) in [4.78, 5) is 14.6. The van der Waals surface area contributed by atoms with Crippen molar-refractivity contribution >= 4 is 11.7 Å². The van der Waals surface area contributed by atoms with Gasteiger partial charge in [0.1, 0.15) is 18.3 Å². The van der Waals surface area contributed by atoms with E-state index in [-0.39, 0.29) is 12.6 Å². The Hall–Kier alpha value is -1.62. The summed E-state index contributed by atoms with van der Waals surface area (Å²) in [7, 11) is 0. The van der Waals surface area contributed by atoms with Gasteiger partial charge in [0.05, 0.1) is 0 Å². The number of amides is 1. The molecule has 1 aromatic heterocycles. The van der Waals surface area contributed by atoms with Crippen molar-refractivity contribution in [2.45, 2.75) is 6.92 Å². The minimum atomic E-state index is -0.169. The highest BCUT2D eigenvalue weighted by Gasteiger charge is 1.98. The fraction of sp³-hybridized carbons (Fsp3) is 0.250. The Balaban J connectivity index is 2.73. The molecule has 0 radical (unpaired) electrons. The maximum Gasteiger partial charge on any atom is 0.222 e. The number of nitrogens with zero attached hydrogens (tertiary/aromatic N) is 1. The summed E-state index contributed by atoms with van der Waals surface area (Å²) in [6, 6.07) is 3.27. The van der Waals surface area contributed by atoms with Crippen LogP contribution in [-0.4, -0.2) is 17.6 Å². The van der Waals surface area contributed by atoms with Crippen LogP contribution < -0.4 is 15.8 Å². The van der Waals surface area contributed by atoms with Gasteiger partial charge in [-0.05, 0) is 6.07 Å². The van der Waals surface area contributed by atoms with Crippen LogP contribution in [-0.2, 0) is 4.79 Å². The van der Waals surface area contributed by atoms with E-state index in [9.17, 15) is 4.79 Å². The maximum atomic E-state index is 10.7. The van der Waals surface area contributed by atoms with E-state index in [1.165, 1.54) is 13.1 Å². The molecule has 1 amide bonds. The lowest BCUT2D eigenvalue weighted by atomic mass is 10.4. The molecule has 0 spiro atoms. The molecule has 13 heavy (non-hydrogen) atoms. The predicted octanol–water partition coefficient (Wildman–Crippen LogP) is 0.335. The molecule has 0 aromatic carbocycles. The van der Waals surface area contributed by atoms with Gasteiger partial charge in [0.15, 0.2) is 0 Å². The van der Waals surface area contributed by atoms with Gasteiger partial charge < -0.3 is 10.1 Å². The molecule has 70 valence electrons. The minimum Gasteiger partial charge on any atom is -0.478 e. The van der Waals surface area contributed by atoms with Gasteiger partial charge >= 0.3 is 0 Å². The van der Waals surface area contributed by atoms with Gasteiger partial charge in [0.2, 0.25) is 5.91 Å². The molecule has 0 saturated heterocycles. The molecular formula is C8H11N3O2. The molecular weight excluding hydrogens is 170 g/mol. The first kappa shape index (κ1) is 9.47. The molecule has 0 saturated carbocycles. The average molecular weight is 181 g/mol. The van der Waals surface area contributed by atoms with Crippen LogP contribution >= 0.6 is 0 Å².